The van der Waals surface area contributed by atoms with Crippen molar-refractivity contribution in [3.63, 3.8) is 0 Å². The van der Waals surface area contributed by atoms with Gasteiger partial charge in [0.25, 0.3) is 5.69 Å². The van der Waals surface area contributed by atoms with Gasteiger partial charge >= 0.3 is 0 Å². The van der Waals surface area contributed by atoms with Gasteiger partial charge in [-0.1, -0.05) is 0 Å². The Labute approximate surface area is 123 Å². The fraction of sp³-hybridized carbons (Fsp3) is 0.533. The van der Waals surface area contributed by atoms with Crippen LogP contribution in [0.25, 0.3) is 0 Å². The molecule has 2 fully saturated rings. The number of non-ortho nitro benzene ring substituents is 1. The Bertz CT molecular complexity index is 568. The molecule has 0 spiro atoms. The van der Waals surface area contributed by atoms with E-state index in [4.69, 9.17) is 0 Å². The summed E-state index contributed by atoms with van der Waals surface area (Å²) in [5, 5.41) is 14.0. The third-order valence-corrected chi connectivity index (χ3v) is 4.47. The summed E-state index contributed by atoms with van der Waals surface area (Å²) >= 11 is 0. The highest BCUT2D eigenvalue weighted by molar-refractivity contribution is 5.84. The summed E-state index contributed by atoms with van der Waals surface area (Å²) in [7, 11) is 0. The summed E-state index contributed by atoms with van der Waals surface area (Å²) in [6.07, 6.45) is 2.16. The molecule has 1 aliphatic heterocycles. The van der Waals surface area contributed by atoms with Crippen LogP contribution in [0.15, 0.2) is 24.3 Å². The lowest BCUT2D eigenvalue weighted by Crippen LogP contribution is -2.39. The number of hydrogen-bond donors (Lipinski definition) is 1. The minimum Gasteiger partial charge on any atom is -0.319 e. The van der Waals surface area contributed by atoms with Crippen molar-refractivity contribution in [1.29, 1.82) is 0 Å². The van der Waals surface area contributed by atoms with Crippen molar-refractivity contribution >= 4 is 11.6 Å². The summed E-state index contributed by atoms with van der Waals surface area (Å²) in [4.78, 5) is 24.6. The molecule has 0 aromatic heterocycles. The maximum absolute atomic E-state index is 12.4. The Hall–Kier alpha value is -1.95. The van der Waals surface area contributed by atoms with Gasteiger partial charge in [0, 0.05) is 18.2 Å². The van der Waals surface area contributed by atoms with Gasteiger partial charge < -0.3 is 4.90 Å². The van der Waals surface area contributed by atoms with Crippen LogP contribution < -0.4 is 5.32 Å². The Morgan fingerprint density at radius 1 is 1.33 bits per heavy atom. The van der Waals surface area contributed by atoms with E-state index >= 15 is 0 Å². The summed E-state index contributed by atoms with van der Waals surface area (Å²) < 4.78 is 0. The molecule has 1 saturated heterocycles. The number of carbonyl (C=O) groups is 1. The van der Waals surface area contributed by atoms with E-state index in [1.165, 1.54) is 25.0 Å². The van der Waals surface area contributed by atoms with E-state index < -0.39 is 4.92 Å². The van der Waals surface area contributed by atoms with Gasteiger partial charge in [-0.15, -0.1) is 0 Å². The number of rotatable bonds is 4. The van der Waals surface area contributed by atoms with Gasteiger partial charge in [0.1, 0.15) is 6.17 Å². The van der Waals surface area contributed by atoms with E-state index in [0.29, 0.717) is 5.92 Å². The zero-order chi connectivity index (χ0) is 15.1. The summed E-state index contributed by atoms with van der Waals surface area (Å²) in [5.41, 5.74) is 0.962. The number of carbonyl (C=O) groups excluding carboxylic acids is 1. The predicted octanol–water partition coefficient (Wildman–Crippen LogP) is 2.21. The first-order valence-electron chi connectivity index (χ1n) is 7.31. The number of hydrogen-bond acceptors (Lipinski definition) is 4. The lowest BCUT2D eigenvalue weighted by Gasteiger charge is -2.30. The molecule has 2 aliphatic rings. The first-order valence-corrected chi connectivity index (χ1v) is 7.31. The average molecular weight is 289 g/mol. The highest BCUT2D eigenvalue weighted by Crippen LogP contribution is 2.39. The van der Waals surface area contributed by atoms with Crippen LogP contribution in [0.4, 0.5) is 5.69 Å². The zero-order valence-electron chi connectivity index (χ0n) is 12.2. The van der Waals surface area contributed by atoms with Crippen LogP contribution >= 0.6 is 0 Å². The van der Waals surface area contributed by atoms with Gasteiger partial charge in [-0.05, 0) is 50.3 Å². The molecule has 6 heteroatoms. The van der Waals surface area contributed by atoms with Crippen LogP contribution in [0.3, 0.4) is 0 Å². The normalized spacial score (nSPS) is 27.0. The van der Waals surface area contributed by atoms with Crippen LogP contribution in [0, 0.1) is 16.0 Å². The van der Waals surface area contributed by atoms with E-state index in [0.717, 1.165) is 5.56 Å². The van der Waals surface area contributed by atoms with Crippen LogP contribution in [-0.2, 0) is 4.79 Å². The van der Waals surface area contributed by atoms with Gasteiger partial charge in [-0.2, -0.15) is 0 Å². The van der Waals surface area contributed by atoms with E-state index in [1.54, 1.807) is 12.1 Å². The SMILES string of the molecule is CC1NC(c2ccc([N+](=O)[O-])cc2)N(C(C)C2CC2)C1=O. The number of nitrogens with one attached hydrogen (secondary N) is 1. The highest BCUT2D eigenvalue weighted by atomic mass is 16.6. The quantitative estimate of drug-likeness (QED) is 0.681. The van der Waals surface area contributed by atoms with Gasteiger partial charge in [-0.3, -0.25) is 20.2 Å². The number of nitrogens with zero attached hydrogens (tertiary/aromatic N) is 2. The summed E-state index contributed by atoms with van der Waals surface area (Å²) in [5.74, 6) is 0.694. The van der Waals surface area contributed by atoms with Crippen molar-refractivity contribution in [1.82, 2.24) is 10.2 Å². The molecule has 21 heavy (non-hydrogen) atoms. The molecule has 3 atom stereocenters. The number of nitro groups is 1. The number of benzene rings is 1. The molecule has 1 amide bonds. The minimum atomic E-state index is -0.412. The Morgan fingerprint density at radius 3 is 2.48 bits per heavy atom. The lowest BCUT2D eigenvalue weighted by atomic mass is 10.1. The van der Waals surface area contributed by atoms with E-state index in [1.807, 2.05) is 11.8 Å². The van der Waals surface area contributed by atoms with Crippen molar-refractivity contribution in [2.24, 2.45) is 5.92 Å². The molecule has 1 aromatic carbocycles. The monoisotopic (exact) mass is 289 g/mol. The fourth-order valence-electron chi connectivity index (χ4n) is 3.02. The van der Waals surface area contributed by atoms with Crippen LogP contribution in [0.5, 0.6) is 0 Å². The van der Waals surface area contributed by atoms with E-state index in [9.17, 15) is 14.9 Å². The molecule has 3 unspecified atom stereocenters. The van der Waals surface area contributed by atoms with Crippen molar-refractivity contribution < 1.29 is 9.72 Å². The van der Waals surface area contributed by atoms with Crippen LogP contribution in [-0.4, -0.2) is 27.8 Å². The smallest absolute Gasteiger partial charge is 0.269 e. The van der Waals surface area contributed by atoms with E-state index in [-0.39, 0.29) is 29.8 Å². The summed E-state index contributed by atoms with van der Waals surface area (Å²) in [6.45, 7) is 3.95. The lowest BCUT2D eigenvalue weighted by molar-refractivity contribution is -0.384. The second-order valence-corrected chi connectivity index (χ2v) is 5.96. The zero-order valence-corrected chi connectivity index (χ0v) is 12.2. The Balaban J connectivity index is 1.87. The molecular formula is C15H19N3O3. The fourth-order valence-corrected chi connectivity index (χ4v) is 3.02. The van der Waals surface area contributed by atoms with Crippen molar-refractivity contribution in [2.45, 2.75) is 44.9 Å². The third-order valence-electron chi connectivity index (χ3n) is 4.47. The van der Waals surface area contributed by atoms with Gasteiger partial charge in [0.05, 0.1) is 11.0 Å². The predicted molar refractivity (Wildman–Crippen MR) is 77.5 cm³/mol. The number of nitro benzene ring substituents is 1. The molecule has 0 bridgehead atoms. The van der Waals surface area contributed by atoms with Gasteiger partial charge in [0.2, 0.25) is 5.91 Å². The molecular weight excluding hydrogens is 270 g/mol. The van der Waals surface area contributed by atoms with Gasteiger partial charge in [-0.25, -0.2) is 0 Å². The maximum atomic E-state index is 12.4. The van der Waals surface area contributed by atoms with Crippen molar-refractivity contribution in [3.8, 4) is 0 Å². The molecule has 1 aliphatic carbocycles. The molecule has 0 radical (unpaired) electrons. The largest absolute Gasteiger partial charge is 0.319 e. The average Bonchev–Trinajstić information content (AvgIpc) is 3.26. The second kappa shape index (κ2) is 5.11. The standard InChI is InChI=1S/C15H19N3O3/c1-9-15(19)17(10(2)11-3-4-11)14(16-9)12-5-7-13(8-6-12)18(20)21/h5-11,14,16H,3-4H2,1-2H3. The number of amides is 1. The van der Waals surface area contributed by atoms with E-state index in [2.05, 4.69) is 12.2 Å². The third kappa shape index (κ3) is 2.51. The highest BCUT2D eigenvalue weighted by Gasteiger charge is 2.44. The molecule has 1 saturated carbocycles. The molecule has 3 rings (SSSR count). The summed E-state index contributed by atoms with van der Waals surface area (Å²) in [6, 6.07) is 6.43. The minimum absolute atomic E-state index is 0.0675. The van der Waals surface area contributed by atoms with Gasteiger partial charge in [0.15, 0.2) is 0 Å². The van der Waals surface area contributed by atoms with Crippen LogP contribution in [0.2, 0.25) is 0 Å². The molecule has 1 heterocycles. The molecule has 6 nitrogen and oxygen atoms in total. The molecule has 1 N–H and O–H groups in total. The topological polar surface area (TPSA) is 75.5 Å². The van der Waals surface area contributed by atoms with Crippen molar-refractivity contribution in [3.05, 3.63) is 39.9 Å². The second-order valence-electron chi connectivity index (χ2n) is 5.96. The Kier molecular flexibility index (Phi) is 3.41. The first-order chi connectivity index (χ1) is 9.99. The molecule has 1 aromatic rings. The maximum Gasteiger partial charge on any atom is 0.269 e. The van der Waals surface area contributed by atoms with Crippen molar-refractivity contribution in [2.75, 3.05) is 0 Å². The Morgan fingerprint density at radius 2 is 1.95 bits per heavy atom. The molecule has 112 valence electrons. The van der Waals surface area contributed by atoms with Crippen LogP contribution in [0.1, 0.15) is 38.4 Å². The first kappa shape index (κ1) is 14.0.